The summed E-state index contributed by atoms with van der Waals surface area (Å²) in [4.78, 5) is 2.19. The summed E-state index contributed by atoms with van der Waals surface area (Å²) in [6.07, 6.45) is 11.9. The monoisotopic (exact) mass is 657 g/mol. The van der Waals surface area contributed by atoms with Gasteiger partial charge in [0.25, 0.3) is 20.2 Å². The van der Waals surface area contributed by atoms with E-state index in [-0.39, 0.29) is 22.3 Å². The van der Waals surface area contributed by atoms with Crippen LogP contribution in [0.25, 0.3) is 0 Å². The molecule has 2 aliphatic rings. The number of fused-ring (bicyclic) bond motifs is 2. The molecule has 0 spiro atoms. The van der Waals surface area contributed by atoms with Crippen LogP contribution in [-0.4, -0.2) is 60.8 Å². The van der Waals surface area contributed by atoms with Crippen LogP contribution >= 0.6 is 0 Å². The first kappa shape index (κ1) is 34.4. The fourth-order valence-corrected chi connectivity index (χ4v) is 7.47. The van der Waals surface area contributed by atoms with Crippen molar-refractivity contribution in [2.75, 3.05) is 41.0 Å². The van der Waals surface area contributed by atoms with Gasteiger partial charge in [-0.15, -0.1) is 0 Å². The largest absolute Gasteiger partial charge is 0.399 e. The van der Waals surface area contributed by atoms with Gasteiger partial charge in [-0.3, -0.25) is 9.11 Å². The number of allylic oxidation sites excluding steroid dienone is 6. The van der Waals surface area contributed by atoms with Crippen molar-refractivity contribution in [1.82, 2.24) is 0 Å². The molecule has 2 heterocycles. The van der Waals surface area contributed by atoms with E-state index in [0.29, 0.717) is 50.1 Å². The highest BCUT2D eigenvalue weighted by Gasteiger charge is 2.44. The van der Waals surface area contributed by atoms with E-state index in [9.17, 15) is 16.8 Å². The third-order valence-corrected chi connectivity index (χ3v) is 10.2. The second-order valence-electron chi connectivity index (χ2n) is 12.8. The molecule has 10 nitrogen and oxygen atoms in total. The molecule has 0 atom stereocenters. The molecule has 0 fully saturated rings. The average Bonchev–Trinajstić information content (AvgIpc) is 3.26. The molecule has 0 aromatic heterocycles. The van der Waals surface area contributed by atoms with Crippen molar-refractivity contribution in [3.63, 3.8) is 0 Å². The van der Waals surface area contributed by atoms with Crippen molar-refractivity contribution in [3.8, 4) is 0 Å². The number of rotatable bonds is 13. The molecular formula is C33H45N4O6S2+. The van der Waals surface area contributed by atoms with Gasteiger partial charge in [0, 0.05) is 58.8 Å². The second kappa shape index (κ2) is 13.1. The van der Waals surface area contributed by atoms with Gasteiger partial charge in [-0.25, -0.2) is 0 Å². The quantitative estimate of drug-likeness (QED) is 0.0729. The average molecular weight is 658 g/mol. The molecule has 0 saturated heterocycles. The molecule has 45 heavy (non-hydrogen) atoms. The molecular weight excluding hydrogens is 613 g/mol. The van der Waals surface area contributed by atoms with Gasteiger partial charge in [0.15, 0.2) is 5.71 Å². The standard InChI is InChI=1S/C33H44N4O6S2/c1-32(2)26-22-24(34)14-16-28(26)36(18-8-10-20-44(38,39)40)30(32)12-6-5-7-13-31-33(3,4)27-23-25(35)15-17-29(27)37(31)19-9-11-21-45(41,42)43/h5-7,12-17,22-23H,8-11,18-21,34-35H2,1-4H3,(H-,38,39,40,41,42,43)/p+1. The van der Waals surface area contributed by atoms with E-state index in [1.54, 1.807) is 0 Å². The van der Waals surface area contributed by atoms with E-state index in [2.05, 4.69) is 49.3 Å². The zero-order chi connectivity index (χ0) is 33.2. The molecule has 12 heteroatoms. The number of hydrogen-bond acceptors (Lipinski definition) is 7. The molecule has 2 aliphatic heterocycles. The SMILES string of the molecule is CC1(C)C(/C=C/C=C/C=C2/N(CCCCS(=O)(=O)O)c3ccc(N)cc3C2(C)C)=[N+](CCCCS(=O)(=O)O)c2ccc(N)cc21. The van der Waals surface area contributed by atoms with Crippen LogP contribution in [0, 0.1) is 0 Å². The first-order valence-electron chi connectivity index (χ1n) is 15.1. The third-order valence-electron chi connectivity index (χ3n) is 8.63. The summed E-state index contributed by atoms with van der Waals surface area (Å²) in [5.74, 6) is -0.544. The summed E-state index contributed by atoms with van der Waals surface area (Å²) in [6.45, 7) is 9.73. The maximum absolute atomic E-state index is 11.2. The Balaban J connectivity index is 1.60. The first-order chi connectivity index (χ1) is 20.9. The predicted molar refractivity (Wildman–Crippen MR) is 183 cm³/mol. The minimum atomic E-state index is -4.01. The number of nitrogens with zero attached hydrogens (tertiary/aromatic N) is 2. The Bertz CT molecular complexity index is 1790. The lowest BCUT2D eigenvalue weighted by atomic mass is 9.81. The zero-order valence-corrected chi connectivity index (χ0v) is 28.0. The fraction of sp³-hybridized carbons (Fsp3) is 0.424. The molecule has 4 rings (SSSR count). The van der Waals surface area contributed by atoms with E-state index in [0.717, 1.165) is 33.9 Å². The summed E-state index contributed by atoms with van der Waals surface area (Å²) in [6, 6.07) is 11.7. The Morgan fingerprint density at radius 1 is 0.778 bits per heavy atom. The third kappa shape index (κ3) is 8.04. The molecule has 0 aliphatic carbocycles. The van der Waals surface area contributed by atoms with Gasteiger partial charge in [0.2, 0.25) is 5.69 Å². The Morgan fingerprint density at radius 3 is 2.02 bits per heavy atom. The molecule has 0 unspecified atom stereocenters. The fourth-order valence-electron chi connectivity index (χ4n) is 6.33. The maximum atomic E-state index is 11.2. The van der Waals surface area contributed by atoms with Crippen molar-refractivity contribution in [2.24, 2.45) is 0 Å². The van der Waals surface area contributed by atoms with Crippen LogP contribution in [0.4, 0.5) is 22.7 Å². The summed E-state index contributed by atoms with van der Waals surface area (Å²) >= 11 is 0. The molecule has 2 aromatic rings. The van der Waals surface area contributed by atoms with Crippen LogP contribution in [-0.2, 0) is 31.1 Å². The minimum absolute atomic E-state index is 0.272. The summed E-state index contributed by atoms with van der Waals surface area (Å²) in [5.41, 5.74) is 19.3. The lowest BCUT2D eigenvalue weighted by Gasteiger charge is -2.27. The number of nitrogens with two attached hydrogens (primary N) is 2. The number of hydrogen-bond donors (Lipinski definition) is 4. The van der Waals surface area contributed by atoms with Crippen LogP contribution in [0.3, 0.4) is 0 Å². The van der Waals surface area contributed by atoms with Crippen LogP contribution in [0.2, 0.25) is 0 Å². The van der Waals surface area contributed by atoms with Gasteiger partial charge in [-0.05, 0) is 75.1 Å². The Kier molecular flexibility index (Phi) is 10.0. The highest BCUT2D eigenvalue weighted by Crippen LogP contribution is 2.48. The second-order valence-corrected chi connectivity index (χ2v) is 15.9. The zero-order valence-electron chi connectivity index (χ0n) is 26.4. The molecule has 0 radical (unpaired) electrons. The number of benzene rings is 2. The van der Waals surface area contributed by atoms with E-state index in [1.807, 2.05) is 54.6 Å². The van der Waals surface area contributed by atoms with Crippen molar-refractivity contribution in [3.05, 3.63) is 83.6 Å². The molecule has 0 saturated carbocycles. The predicted octanol–water partition coefficient (Wildman–Crippen LogP) is 5.36. The van der Waals surface area contributed by atoms with E-state index in [1.165, 1.54) is 0 Å². The van der Waals surface area contributed by atoms with Crippen LogP contribution < -0.4 is 16.4 Å². The van der Waals surface area contributed by atoms with E-state index >= 15 is 0 Å². The van der Waals surface area contributed by atoms with Crippen LogP contribution in [0.5, 0.6) is 0 Å². The summed E-state index contributed by atoms with van der Waals surface area (Å²) in [5, 5.41) is 0. The van der Waals surface area contributed by atoms with Crippen molar-refractivity contribution in [2.45, 2.75) is 64.2 Å². The normalized spacial score (nSPS) is 18.4. The van der Waals surface area contributed by atoms with Gasteiger partial charge < -0.3 is 16.4 Å². The maximum Gasteiger partial charge on any atom is 0.264 e. The first-order valence-corrected chi connectivity index (χ1v) is 18.3. The Morgan fingerprint density at radius 2 is 1.38 bits per heavy atom. The molecule has 244 valence electrons. The van der Waals surface area contributed by atoms with Crippen LogP contribution in [0.1, 0.15) is 64.5 Å². The number of unbranched alkanes of at least 4 members (excludes halogenated alkanes) is 2. The van der Waals surface area contributed by atoms with Crippen molar-refractivity contribution in [1.29, 1.82) is 0 Å². The van der Waals surface area contributed by atoms with Gasteiger partial charge in [-0.1, -0.05) is 32.1 Å². The topological polar surface area (TPSA) is 167 Å². The van der Waals surface area contributed by atoms with Gasteiger partial charge in [0.05, 0.1) is 16.9 Å². The lowest BCUT2D eigenvalue weighted by molar-refractivity contribution is -0.438. The Labute approximate surface area is 267 Å². The van der Waals surface area contributed by atoms with Crippen molar-refractivity contribution < 1.29 is 30.5 Å². The van der Waals surface area contributed by atoms with Crippen molar-refractivity contribution >= 4 is 48.7 Å². The van der Waals surface area contributed by atoms with Crippen LogP contribution in [0.15, 0.2) is 72.5 Å². The van der Waals surface area contributed by atoms with Gasteiger partial charge >= 0.3 is 0 Å². The summed E-state index contributed by atoms with van der Waals surface area (Å²) < 4.78 is 65.4. The van der Waals surface area contributed by atoms with Gasteiger partial charge in [0.1, 0.15) is 6.54 Å². The number of nitrogen functional groups attached to an aromatic ring is 2. The minimum Gasteiger partial charge on any atom is -0.399 e. The van der Waals surface area contributed by atoms with E-state index in [4.69, 9.17) is 20.6 Å². The smallest absolute Gasteiger partial charge is 0.264 e. The number of anilines is 3. The molecule has 0 amide bonds. The molecule has 6 N–H and O–H groups in total. The van der Waals surface area contributed by atoms with Gasteiger partial charge in [-0.2, -0.15) is 21.4 Å². The summed E-state index contributed by atoms with van der Waals surface area (Å²) in [7, 11) is -8.02. The molecule has 0 bridgehead atoms. The highest BCUT2D eigenvalue weighted by molar-refractivity contribution is 7.86. The highest BCUT2D eigenvalue weighted by atomic mass is 32.2. The molecule has 2 aromatic carbocycles. The Hall–Kier alpha value is -3.45. The lowest BCUT2D eigenvalue weighted by Crippen LogP contribution is -2.28. The van der Waals surface area contributed by atoms with E-state index < -0.39 is 20.2 Å².